The van der Waals surface area contributed by atoms with E-state index in [0.717, 1.165) is 0 Å². The lowest BCUT2D eigenvalue weighted by atomic mass is 10.4. The van der Waals surface area contributed by atoms with Crippen LogP contribution in [0.1, 0.15) is 5.69 Å². The van der Waals surface area contributed by atoms with E-state index in [1.165, 1.54) is 0 Å². The van der Waals surface area contributed by atoms with Gasteiger partial charge in [-0.15, -0.1) is 0 Å². The van der Waals surface area contributed by atoms with Crippen molar-refractivity contribution >= 4 is 8.03 Å². The van der Waals surface area contributed by atoms with Crippen LogP contribution >= 0.6 is 8.03 Å². The van der Waals surface area contributed by atoms with Gasteiger partial charge in [0.05, 0.1) is 5.69 Å². The van der Waals surface area contributed by atoms with Gasteiger partial charge in [-0.2, -0.15) is 4.89 Å². The fourth-order valence-electron chi connectivity index (χ4n) is 0.630. The molecule has 0 aliphatic carbocycles. The van der Waals surface area contributed by atoms with Crippen LogP contribution in [-0.2, 0) is 10.7 Å². The van der Waals surface area contributed by atoms with Gasteiger partial charge in [-0.25, -0.2) is 0 Å². The van der Waals surface area contributed by atoms with Crippen molar-refractivity contribution in [1.29, 1.82) is 0 Å². The Hall–Kier alpha value is -0.790. The maximum atomic E-state index is 10.3. The van der Waals surface area contributed by atoms with Crippen molar-refractivity contribution in [2.45, 2.75) is 6.16 Å². The molecule has 1 heterocycles. The highest BCUT2D eigenvalue weighted by atomic mass is 31.1. The van der Waals surface area contributed by atoms with Gasteiger partial charge in [-0.3, -0.25) is 4.98 Å². The lowest BCUT2D eigenvalue weighted by Crippen LogP contribution is -1.82. The molecule has 0 saturated carbocycles. The van der Waals surface area contributed by atoms with E-state index in [-0.39, 0.29) is 6.16 Å². The molecule has 1 aromatic rings. The molecule has 1 rings (SSSR count). The Kier molecular flexibility index (Phi) is 2.49. The summed E-state index contributed by atoms with van der Waals surface area (Å²) in [6, 6.07) is 5.29. The van der Waals surface area contributed by atoms with Crippen molar-refractivity contribution in [2.75, 3.05) is 0 Å². The molecule has 0 aliphatic heterocycles. The molecular weight excluding hydrogens is 149 g/mol. The Balaban J connectivity index is 2.67. The summed E-state index contributed by atoms with van der Waals surface area (Å²) < 4.78 is 10.3. The molecule has 1 N–H and O–H groups in total. The normalized spacial score (nSPS) is 11.1. The van der Waals surface area contributed by atoms with Gasteiger partial charge in [-0.1, -0.05) is 6.07 Å². The van der Waals surface area contributed by atoms with Crippen molar-refractivity contribution in [3.05, 3.63) is 30.1 Å². The average Bonchev–Trinajstić information content (AvgIpc) is 1.88. The highest BCUT2D eigenvalue weighted by Crippen LogP contribution is 2.18. The lowest BCUT2D eigenvalue weighted by Gasteiger charge is -1.85. The van der Waals surface area contributed by atoms with Gasteiger partial charge in [0, 0.05) is 6.20 Å². The fourth-order valence-corrected chi connectivity index (χ4v) is 1.09. The first-order valence-electron chi connectivity index (χ1n) is 2.82. The Bertz CT molecular complexity index is 224. The summed E-state index contributed by atoms with van der Waals surface area (Å²) in [5.74, 6) is 0. The zero-order chi connectivity index (χ0) is 7.40. The van der Waals surface area contributed by atoms with Crippen molar-refractivity contribution in [3.63, 3.8) is 0 Å². The van der Waals surface area contributed by atoms with E-state index < -0.39 is 8.03 Å². The Morgan fingerprint density at radius 2 is 2.40 bits per heavy atom. The number of nitrogens with zero attached hydrogens (tertiary/aromatic N) is 1. The second-order valence-electron chi connectivity index (χ2n) is 1.83. The van der Waals surface area contributed by atoms with Gasteiger partial charge < -0.3 is 0 Å². The molecule has 4 heteroatoms. The van der Waals surface area contributed by atoms with Crippen LogP contribution in [-0.4, -0.2) is 9.88 Å². The summed E-state index contributed by atoms with van der Waals surface area (Å²) in [4.78, 5) is 12.4. The van der Waals surface area contributed by atoms with Crippen LogP contribution < -0.4 is 0 Å². The van der Waals surface area contributed by atoms with Crippen LogP contribution in [0.3, 0.4) is 0 Å². The monoisotopic (exact) mass is 156 g/mol. The van der Waals surface area contributed by atoms with Gasteiger partial charge in [0.25, 0.3) is 0 Å². The Labute approximate surface area is 59.6 Å². The quantitative estimate of drug-likeness (QED) is 0.657. The third-order valence-corrected chi connectivity index (χ3v) is 1.62. The van der Waals surface area contributed by atoms with Crippen LogP contribution in [0.15, 0.2) is 24.4 Å². The highest BCUT2D eigenvalue weighted by Gasteiger charge is 2.11. The van der Waals surface area contributed by atoms with E-state index >= 15 is 0 Å². The van der Waals surface area contributed by atoms with Crippen molar-refractivity contribution < 1.29 is 9.46 Å². The molecule has 3 nitrogen and oxygen atoms in total. The molecular formula is C6H7NO2P+. The van der Waals surface area contributed by atoms with Crippen LogP contribution in [0.5, 0.6) is 0 Å². The average molecular weight is 156 g/mol. The first-order valence-corrected chi connectivity index (χ1v) is 4.22. The zero-order valence-electron chi connectivity index (χ0n) is 5.27. The van der Waals surface area contributed by atoms with Crippen LogP contribution in [0.4, 0.5) is 0 Å². The van der Waals surface area contributed by atoms with E-state index in [0.29, 0.717) is 5.69 Å². The van der Waals surface area contributed by atoms with Crippen molar-refractivity contribution in [3.8, 4) is 0 Å². The van der Waals surface area contributed by atoms with Crippen LogP contribution in [0.25, 0.3) is 0 Å². The summed E-state index contributed by atoms with van der Waals surface area (Å²) in [5, 5.41) is 0. The molecule has 0 aliphatic rings. The molecule has 1 aromatic heterocycles. The summed E-state index contributed by atoms with van der Waals surface area (Å²) in [5.41, 5.74) is 0.658. The minimum atomic E-state index is -2.09. The summed E-state index contributed by atoms with van der Waals surface area (Å²) >= 11 is 0. The first-order chi connectivity index (χ1) is 4.79. The number of aromatic nitrogens is 1. The fraction of sp³-hybridized carbons (Fsp3) is 0.167. The third-order valence-electron chi connectivity index (χ3n) is 1.02. The largest absolute Gasteiger partial charge is 0.511 e. The van der Waals surface area contributed by atoms with Gasteiger partial charge in [0.1, 0.15) is 0 Å². The number of hydrogen-bond acceptors (Lipinski definition) is 2. The second-order valence-corrected chi connectivity index (χ2v) is 2.85. The maximum Gasteiger partial charge on any atom is 0.511 e. The Morgan fingerprint density at radius 1 is 1.60 bits per heavy atom. The number of pyridine rings is 1. The molecule has 0 spiro atoms. The van der Waals surface area contributed by atoms with Gasteiger partial charge in [0.2, 0.25) is 6.16 Å². The van der Waals surface area contributed by atoms with Crippen molar-refractivity contribution in [2.24, 2.45) is 0 Å². The molecule has 0 radical (unpaired) electrons. The zero-order valence-corrected chi connectivity index (χ0v) is 6.16. The van der Waals surface area contributed by atoms with Gasteiger partial charge >= 0.3 is 8.03 Å². The van der Waals surface area contributed by atoms with E-state index in [2.05, 4.69) is 4.98 Å². The van der Waals surface area contributed by atoms with E-state index in [1.54, 1.807) is 24.4 Å². The smallest absolute Gasteiger partial charge is 0.257 e. The van der Waals surface area contributed by atoms with Gasteiger partial charge in [0.15, 0.2) is 0 Å². The van der Waals surface area contributed by atoms with Crippen LogP contribution in [0.2, 0.25) is 0 Å². The topological polar surface area (TPSA) is 50.2 Å². The van der Waals surface area contributed by atoms with E-state index in [4.69, 9.17) is 4.89 Å². The Morgan fingerprint density at radius 3 is 2.90 bits per heavy atom. The second kappa shape index (κ2) is 3.40. The predicted octanol–water partition coefficient (Wildman–Crippen LogP) is 1.32. The first kappa shape index (κ1) is 7.32. The molecule has 0 bridgehead atoms. The minimum absolute atomic E-state index is 0.149. The molecule has 0 fully saturated rings. The van der Waals surface area contributed by atoms with Gasteiger partial charge in [-0.05, 0) is 16.7 Å². The molecule has 52 valence electrons. The number of rotatable bonds is 2. The molecule has 10 heavy (non-hydrogen) atoms. The summed E-state index contributed by atoms with van der Waals surface area (Å²) in [6.45, 7) is 0. The van der Waals surface area contributed by atoms with Crippen molar-refractivity contribution in [1.82, 2.24) is 4.98 Å². The highest BCUT2D eigenvalue weighted by molar-refractivity contribution is 7.37. The molecule has 0 amide bonds. The van der Waals surface area contributed by atoms with E-state index in [1.807, 2.05) is 0 Å². The summed E-state index contributed by atoms with van der Waals surface area (Å²) in [6.07, 6.45) is 1.75. The van der Waals surface area contributed by atoms with Crippen LogP contribution in [0, 0.1) is 0 Å². The molecule has 0 aromatic carbocycles. The minimum Gasteiger partial charge on any atom is -0.257 e. The number of hydrogen-bond donors (Lipinski definition) is 1. The maximum absolute atomic E-state index is 10.3. The molecule has 0 saturated heterocycles. The SMILES string of the molecule is O=[P+](O)Cc1ccccn1. The molecule has 1 atom stereocenters. The third kappa shape index (κ3) is 2.21. The predicted molar refractivity (Wildman–Crippen MR) is 37.8 cm³/mol. The lowest BCUT2D eigenvalue weighted by molar-refractivity contribution is 0.501. The standard InChI is InChI=1S/C6H6NO2P/c8-10(9)5-6-3-1-2-4-7-6/h1-4H,5H2/p+1. The summed E-state index contributed by atoms with van der Waals surface area (Å²) in [7, 11) is -2.09. The molecule has 1 unspecified atom stereocenters. The van der Waals surface area contributed by atoms with E-state index in [9.17, 15) is 4.57 Å².